The van der Waals surface area contributed by atoms with Gasteiger partial charge in [-0.3, -0.25) is 4.98 Å². The molecule has 0 saturated carbocycles. The van der Waals surface area contributed by atoms with Crippen LogP contribution in [0.1, 0.15) is 24.4 Å². The van der Waals surface area contributed by atoms with E-state index in [1.54, 1.807) is 7.11 Å². The van der Waals surface area contributed by atoms with Gasteiger partial charge in [-0.2, -0.15) is 0 Å². The molecule has 0 aliphatic carbocycles. The lowest BCUT2D eigenvalue weighted by atomic mass is 9.97. The van der Waals surface area contributed by atoms with Crippen molar-refractivity contribution in [3.8, 4) is 0 Å². The summed E-state index contributed by atoms with van der Waals surface area (Å²) in [5.41, 5.74) is 1.34. The molecule has 18 heavy (non-hydrogen) atoms. The van der Waals surface area contributed by atoms with E-state index in [0.717, 1.165) is 19.4 Å². The summed E-state index contributed by atoms with van der Waals surface area (Å²) in [6.45, 7) is 0.810. The van der Waals surface area contributed by atoms with Crippen LogP contribution < -0.4 is 5.32 Å². The summed E-state index contributed by atoms with van der Waals surface area (Å²) in [6.07, 6.45) is 5.91. The number of nitrogens with one attached hydrogen (secondary N) is 1. The van der Waals surface area contributed by atoms with Gasteiger partial charge in [0.05, 0.1) is 0 Å². The van der Waals surface area contributed by atoms with Crippen LogP contribution in [0.3, 0.4) is 0 Å². The molecule has 1 heterocycles. The second kappa shape index (κ2) is 6.47. The molecule has 0 aliphatic heterocycles. The Bertz CT molecular complexity index is 493. The molecule has 0 bridgehead atoms. The standard InChI is InChI=1S/C15H20N2O/c1-16-15(7-4-10-18-2)14-6-3-5-12-11-17-9-8-13(12)14/h3,5-6,8-9,11,15-16H,4,7,10H2,1-2H3. The van der Waals surface area contributed by atoms with Gasteiger partial charge in [0, 0.05) is 37.5 Å². The average molecular weight is 244 g/mol. The number of hydrogen-bond acceptors (Lipinski definition) is 3. The zero-order valence-corrected chi connectivity index (χ0v) is 11.0. The number of pyridine rings is 1. The van der Waals surface area contributed by atoms with Gasteiger partial charge in [0.25, 0.3) is 0 Å². The predicted molar refractivity (Wildman–Crippen MR) is 74.7 cm³/mol. The molecule has 1 unspecified atom stereocenters. The molecule has 96 valence electrons. The maximum atomic E-state index is 5.12. The number of nitrogens with zero attached hydrogens (tertiary/aromatic N) is 1. The summed E-state index contributed by atoms with van der Waals surface area (Å²) >= 11 is 0. The Morgan fingerprint density at radius 3 is 3.00 bits per heavy atom. The third-order valence-electron chi connectivity index (χ3n) is 3.28. The highest BCUT2D eigenvalue weighted by Crippen LogP contribution is 2.26. The maximum absolute atomic E-state index is 5.12. The first-order chi connectivity index (χ1) is 8.86. The number of ether oxygens (including phenoxy) is 1. The van der Waals surface area contributed by atoms with E-state index in [1.165, 1.54) is 16.3 Å². The minimum atomic E-state index is 0.367. The summed E-state index contributed by atoms with van der Waals surface area (Å²) in [5, 5.41) is 5.87. The van der Waals surface area contributed by atoms with Gasteiger partial charge in [-0.05, 0) is 36.9 Å². The van der Waals surface area contributed by atoms with E-state index in [4.69, 9.17) is 4.74 Å². The van der Waals surface area contributed by atoms with Gasteiger partial charge in [0.15, 0.2) is 0 Å². The zero-order chi connectivity index (χ0) is 12.8. The van der Waals surface area contributed by atoms with Crippen LogP contribution in [-0.2, 0) is 4.74 Å². The van der Waals surface area contributed by atoms with E-state index >= 15 is 0 Å². The van der Waals surface area contributed by atoms with Crippen LogP contribution in [0, 0.1) is 0 Å². The first-order valence-electron chi connectivity index (χ1n) is 6.35. The highest BCUT2D eigenvalue weighted by atomic mass is 16.5. The summed E-state index contributed by atoms with van der Waals surface area (Å²) in [6, 6.07) is 8.85. The fraction of sp³-hybridized carbons (Fsp3) is 0.400. The van der Waals surface area contributed by atoms with Crippen molar-refractivity contribution in [2.45, 2.75) is 18.9 Å². The van der Waals surface area contributed by atoms with Gasteiger partial charge in [0.2, 0.25) is 0 Å². The van der Waals surface area contributed by atoms with Crippen LogP contribution in [0.2, 0.25) is 0 Å². The third-order valence-corrected chi connectivity index (χ3v) is 3.28. The molecule has 3 nitrogen and oxygen atoms in total. The van der Waals surface area contributed by atoms with E-state index in [-0.39, 0.29) is 0 Å². The summed E-state index contributed by atoms with van der Waals surface area (Å²) < 4.78 is 5.12. The number of methoxy groups -OCH3 is 1. The minimum absolute atomic E-state index is 0.367. The molecule has 0 aliphatic rings. The van der Waals surface area contributed by atoms with Crippen molar-refractivity contribution in [2.75, 3.05) is 20.8 Å². The second-order valence-electron chi connectivity index (χ2n) is 4.42. The van der Waals surface area contributed by atoms with Crippen molar-refractivity contribution in [3.63, 3.8) is 0 Å². The molecule has 0 fully saturated rings. The highest BCUT2D eigenvalue weighted by Gasteiger charge is 2.11. The molecule has 1 aromatic carbocycles. The lowest BCUT2D eigenvalue weighted by molar-refractivity contribution is 0.189. The van der Waals surface area contributed by atoms with Crippen molar-refractivity contribution in [2.24, 2.45) is 0 Å². The third kappa shape index (κ3) is 2.86. The van der Waals surface area contributed by atoms with Gasteiger partial charge in [-0.1, -0.05) is 18.2 Å². The molecule has 0 saturated heterocycles. The molecule has 1 atom stereocenters. The van der Waals surface area contributed by atoms with Crippen LogP contribution in [-0.4, -0.2) is 25.7 Å². The number of fused-ring (bicyclic) bond motifs is 1. The maximum Gasteiger partial charge on any atom is 0.0462 e. The van der Waals surface area contributed by atoms with Crippen molar-refractivity contribution in [1.82, 2.24) is 10.3 Å². The molecule has 2 aromatic rings. The number of hydrogen-bond donors (Lipinski definition) is 1. The van der Waals surface area contributed by atoms with E-state index in [0.29, 0.717) is 6.04 Å². The molecule has 0 amide bonds. The van der Waals surface area contributed by atoms with Gasteiger partial charge in [-0.25, -0.2) is 0 Å². The van der Waals surface area contributed by atoms with Crippen LogP contribution in [0.15, 0.2) is 36.7 Å². The SMILES string of the molecule is CNC(CCCOC)c1cccc2cnccc12. The summed E-state index contributed by atoms with van der Waals surface area (Å²) in [5.74, 6) is 0. The first-order valence-corrected chi connectivity index (χ1v) is 6.35. The van der Waals surface area contributed by atoms with Crippen LogP contribution in [0.25, 0.3) is 10.8 Å². The van der Waals surface area contributed by atoms with Gasteiger partial charge in [-0.15, -0.1) is 0 Å². The Kier molecular flexibility index (Phi) is 4.67. The molecule has 0 spiro atoms. The Labute approximate surface area is 108 Å². The van der Waals surface area contributed by atoms with Crippen LogP contribution in [0.4, 0.5) is 0 Å². The van der Waals surface area contributed by atoms with Crippen molar-refractivity contribution in [3.05, 3.63) is 42.2 Å². The van der Waals surface area contributed by atoms with Crippen molar-refractivity contribution in [1.29, 1.82) is 0 Å². The van der Waals surface area contributed by atoms with Crippen LogP contribution in [0.5, 0.6) is 0 Å². The minimum Gasteiger partial charge on any atom is -0.385 e. The predicted octanol–water partition coefficient (Wildman–Crippen LogP) is 2.92. The molecule has 2 rings (SSSR count). The van der Waals surface area contributed by atoms with Gasteiger partial charge >= 0.3 is 0 Å². The quantitative estimate of drug-likeness (QED) is 0.793. The normalized spacial score (nSPS) is 12.8. The van der Waals surface area contributed by atoms with Gasteiger partial charge in [0.1, 0.15) is 0 Å². The van der Waals surface area contributed by atoms with Crippen LogP contribution >= 0.6 is 0 Å². The molecular weight excluding hydrogens is 224 g/mol. The monoisotopic (exact) mass is 244 g/mol. The average Bonchev–Trinajstić information content (AvgIpc) is 2.43. The van der Waals surface area contributed by atoms with Gasteiger partial charge < -0.3 is 10.1 Å². The van der Waals surface area contributed by atoms with E-state index in [9.17, 15) is 0 Å². The molecule has 0 radical (unpaired) electrons. The zero-order valence-electron chi connectivity index (χ0n) is 11.0. The molecule has 3 heteroatoms. The highest BCUT2D eigenvalue weighted by molar-refractivity contribution is 5.85. The summed E-state index contributed by atoms with van der Waals surface area (Å²) in [7, 11) is 3.76. The lowest BCUT2D eigenvalue weighted by Gasteiger charge is -2.18. The Hall–Kier alpha value is -1.45. The largest absolute Gasteiger partial charge is 0.385 e. The number of rotatable bonds is 6. The summed E-state index contributed by atoms with van der Waals surface area (Å²) in [4.78, 5) is 4.17. The van der Waals surface area contributed by atoms with Crippen molar-refractivity contribution >= 4 is 10.8 Å². The first kappa shape index (κ1) is 13.0. The second-order valence-corrected chi connectivity index (χ2v) is 4.42. The lowest BCUT2D eigenvalue weighted by Crippen LogP contribution is -2.17. The number of aromatic nitrogens is 1. The Morgan fingerprint density at radius 1 is 1.33 bits per heavy atom. The Morgan fingerprint density at radius 2 is 2.22 bits per heavy atom. The smallest absolute Gasteiger partial charge is 0.0462 e. The van der Waals surface area contributed by atoms with E-state index in [1.807, 2.05) is 19.4 Å². The molecular formula is C15H20N2O. The Balaban J connectivity index is 2.27. The number of benzene rings is 1. The fourth-order valence-electron chi connectivity index (χ4n) is 2.34. The van der Waals surface area contributed by atoms with E-state index in [2.05, 4.69) is 34.6 Å². The molecule has 1 aromatic heterocycles. The topological polar surface area (TPSA) is 34.1 Å². The van der Waals surface area contributed by atoms with Crippen molar-refractivity contribution < 1.29 is 4.74 Å². The van der Waals surface area contributed by atoms with E-state index < -0.39 is 0 Å². The molecule has 1 N–H and O–H groups in total. The fourth-order valence-corrected chi connectivity index (χ4v) is 2.34.